The summed E-state index contributed by atoms with van der Waals surface area (Å²) in [4.78, 5) is 31.3. The van der Waals surface area contributed by atoms with E-state index in [-0.39, 0.29) is 18.0 Å². The first kappa shape index (κ1) is 14.4. The number of hydrogen-bond acceptors (Lipinski definition) is 4. The standard InChI is InChI=1S/C14H19N3O3/c1-10-8-16-11(9-15-10)13(20)17-14(7-12(18)19)5-3-2-4-6-14/h8-9H,2-7H2,1H3,(H,17,20)(H,18,19). The molecule has 0 aromatic carbocycles. The molecule has 20 heavy (non-hydrogen) atoms. The van der Waals surface area contributed by atoms with Gasteiger partial charge in [-0.3, -0.25) is 14.6 Å². The molecular formula is C14H19N3O3. The van der Waals surface area contributed by atoms with Gasteiger partial charge in [0.2, 0.25) is 0 Å². The van der Waals surface area contributed by atoms with Crippen LogP contribution in [0, 0.1) is 6.92 Å². The minimum absolute atomic E-state index is 0.0436. The number of nitrogens with zero attached hydrogens (tertiary/aromatic N) is 2. The lowest BCUT2D eigenvalue weighted by Gasteiger charge is -2.36. The van der Waals surface area contributed by atoms with Crippen molar-refractivity contribution in [2.24, 2.45) is 0 Å². The van der Waals surface area contributed by atoms with Crippen molar-refractivity contribution in [2.75, 3.05) is 0 Å². The lowest BCUT2D eigenvalue weighted by molar-refractivity contribution is -0.139. The monoisotopic (exact) mass is 277 g/mol. The van der Waals surface area contributed by atoms with Gasteiger partial charge in [0.1, 0.15) is 5.69 Å². The zero-order chi connectivity index (χ0) is 14.6. The maximum Gasteiger partial charge on any atom is 0.305 e. The van der Waals surface area contributed by atoms with E-state index < -0.39 is 11.5 Å². The second-order valence-electron chi connectivity index (χ2n) is 5.41. The maximum atomic E-state index is 12.2. The number of aromatic nitrogens is 2. The molecule has 1 saturated carbocycles. The van der Waals surface area contributed by atoms with E-state index in [1.165, 1.54) is 12.4 Å². The van der Waals surface area contributed by atoms with Crippen LogP contribution in [0.15, 0.2) is 12.4 Å². The third-order valence-electron chi connectivity index (χ3n) is 3.69. The van der Waals surface area contributed by atoms with Crippen LogP contribution in [0.1, 0.15) is 54.7 Å². The summed E-state index contributed by atoms with van der Waals surface area (Å²) in [6.45, 7) is 1.79. The molecule has 0 spiro atoms. The van der Waals surface area contributed by atoms with Crippen LogP contribution in [0.5, 0.6) is 0 Å². The smallest absolute Gasteiger partial charge is 0.305 e. The molecule has 0 radical (unpaired) electrons. The zero-order valence-electron chi connectivity index (χ0n) is 11.6. The molecule has 0 unspecified atom stereocenters. The SMILES string of the molecule is Cc1cnc(C(=O)NC2(CC(=O)O)CCCCC2)cn1. The van der Waals surface area contributed by atoms with Crippen LogP contribution >= 0.6 is 0 Å². The molecule has 1 heterocycles. The second-order valence-corrected chi connectivity index (χ2v) is 5.41. The summed E-state index contributed by atoms with van der Waals surface area (Å²) in [6, 6.07) is 0. The van der Waals surface area contributed by atoms with E-state index in [0.29, 0.717) is 12.8 Å². The van der Waals surface area contributed by atoms with Crippen LogP contribution in [-0.4, -0.2) is 32.5 Å². The number of aliphatic carboxylic acids is 1. The Labute approximate surface area is 117 Å². The first-order valence-electron chi connectivity index (χ1n) is 6.84. The highest BCUT2D eigenvalue weighted by molar-refractivity contribution is 5.92. The van der Waals surface area contributed by atoms with Crippen molar-refractivity contribution < 1.29 is 14.7 Å². The van der Waals surface area contributed by atoms with Crippen molar-refractivity contribution in [1.82, 2.24) is 15.3 Å². The first-order chi connectivity index (χ1) is 9.51. The molecule has 2 rings (SSSR count). The maximum absolute atomic E-state index is 12.2. The fourth-order valence-electron chi connectivity index (χ4n) is 2.68. The van der Waals surface area contributed by atoms with Gasteiger partial charge in [0.25, 0.3) is 5.91 Å². The highest BCUT2D eigenvalue weighted by Gasteiger charge is 2.36. The van der Waals surface area contributed by atoms with Gasteiger partial charge in [-0.15, -0.1) is 0 Å². The number of hydrogen-bond donors (Lipinski definition) is 2. The highest BCUT2D eigenvalue weighted by Crippen LogP contribution is 2.31. The van der Waals surface area contributed by atoms with E-state index in [9.17, 15) is 9.59 Å². The highest BCUT2D eigenvalue weighted by atomic mass is 16.4. The third-order valence-corrected chi connectivity index (χ3v) is 3.69. The Kier molecular flexibility index (Phi) is 4.32. The largest absolute Gasteiger partial charge is 0.481 e. The molecule has 6 heteroatoms. The molecule has 1 aromatic heterocycles. The van der Waals surface area contributed by atoms with Gasteiger partial charge in [0, 0.05) is 6.20 Å². The Bertz CT molecular complexity index is 493. The van der Waals surface area contributed by atoms with E-state index in [1.807, 2.05) is 0 Å². The van der Waals surface area contributed by atoms with E-state index in [0.717, 1.165) is 25.0 Å². The molecule has 0 aliphatic heterocycles. The van der Waals surface area contributed by atoms with Crippen molar-refractivity contribution >= 4 is 11.9 Å². The zero-order valence-corrected chi connectivity index (χ0v) is 11.6. The summed E-state index contributed by atoms with van der Waals surface area (Å²) in [5.74, 6) is -1.23. The van der Waals surface area contributed by atoms with Gasteiger partial charge in [-0.1, -0.05) is 19.3 Å². The molecule has 0 bridgehead atoms. The fraction of sp³-hybridized carbons (Fsp3) is 0.571. The molecule has 1 aliphatic rings. The average Bonchev–Trinajstić information content (AvgIpc) is 2.39. The average molecular weight is 277 g/mol. The Morgan fingerprint density at radius 3 is 2.50 bits per heavy atom. The van der Waals surface area contributed by atoms with Crippen LogP contribution in [0.4, 0.5) is 0 Å². The predicted molar refractivity (Wildman–Crippen MR) is 72.3 cm³/mol. The Balaban J connectivity index is 2.12. The number of rotatable bonds is 4. The lowest BCUT2D eigenvalue weighted by Crippen LogP contribution is -2.51. The summed E-state index contributed by atoms with van der Waals surface area (Å²) in [7, 11) is 0. The van der Waals surface area contributed by atoms with Crippen LogP contribution in [0.25, 0.3) is 0 Å². The number of amides is 1. The summed E-state index contributed by atoms with van der Waals surface area (Å²) < 4.78 is 0. The van der Waals surface area contributed by atoms with Crippen molar-refractivity contribution in [3.05, 3.63) is 23.8 Å². The van der Waals surface area contributed by atoms with Gasteiger partial charge >= 0.3 is 5.97 Å². The molecule has 0 atom stereocenters. The van der Waals surface area contributed by atoms with E-state index in [2.05, 4.69) is 15.3 Å². The molecule has 6 nitrogen and oxygen atoms in total. The van der Waals surface area contributed by atoms with Crippen LogP contribution in [-0.2, 0) is 4.79 Å². The normalized spacial score (nSPS) is 17.4. The van der Waals surface area contributed by atoms with E-state index >= 15 is 0 Å². The van der Waals surface area contributed by atoms with Gasteiger partial charge in [0.05, 0.1) is 23.9 Å². The summed E-state index contributed by atoms with van der Waals surface area (Å²) in [5, 5.41) is 11.9. The summed E-state index contributed by atoms with van der Waals surface area (Å²) in [5.41, 5.74) is 0.318. The van der Waals surface area contributed by atoms with Crippen molar-refractivity contribution in [1.29, 1.82) is 0 Å². The fourth-order valence-corrected chi connectivity index (χ4v) is 2.68. The van der Waals surface area contributed by atoms with Crippen molar-refractivity contribution in [2.45, 2.75) is 51.0 Å². The second kappa shape index (κ2) is 5.98. The van der Waals surface area contributed by atoms with Gasteiger partial charge in [-0.05, 0) is 19.8 Å². The first-order valence-corrected chi connectivity index (χ1v) is 6.84. The molecule has 0 saturated heterocycles. The topological polar surface area (TPSA) is 92.2 Å². The van der Waals surface area contributed by atoms with Crippen molar-refractivity contribution in [3.8, 4) is 0 Å². The minimum atomic E-state index is -0.887. The number of aryl methyl sites for hydroxylation is 1. The van der Waals surface area contributed by atoms with Gasteiger partial charge in [-0.25, -0.2) is 4.98 Å². The summed E-state index contributed by atoms with van der Waals surface area (Å²) in [6.07, 6.45) is 7.26. The third kappa shape index (κ3) is 3.53. The van der Waals surface area contributed by atoms with Crippen molar-refractivity contribution in [3.63, 3.8) is 0 Å². The van der Waals surface area contributed by atoms with E-state index in [1.54, 1.807) is 6.92 Å². The number of carboxylic acid groups (broad SMARTS) is 1. The molecule has 1 fully saturated rings. The molecule has 1 aliphatic carbocycles. The Morgan fingerprint density at radius 2 is 1.95 bits per heavy atom. The van der Waals surface area contributed by atoms with Gasteiger partial charge in [0.15, 0.2) is 0 Å². The lowest BCUT2D eigenvalue weighted by atomic mass is 9.79. The van der Waals surface area contributed by atoms with Gasteiger partial charge < -0.3 is 10.4 Å². The summed E-state index contributed by atoms with van der Waals surface area (Å²) >= 11 is 0. The quantitative estimate of drug-likeness (QED) is 0.873. The molecule has 1 aromatic rings. The predicted octanol–water partition coefficient (Wildman–Crippen LogP) is 1.69. The molecule has 2 N–H and O–H groups in total. The Hall–Kier alpha value is -1.98. The number of nitrogens with one attached hydrogen (secondary N) is 1. The number of carbonyl (C=O) groups excluding carboxylic acids is 1. The Morgan fingerprint density at radius 1 is 1.25 bits per heavy atom. The van der Waals surface area contributed by atoms with Crippen LogP contribution < -0.4 is 5.32 Å². The number of carboxylic acids is 1. The van der Waals surface area contributed by atoms with Crippen LogP contribution in [0.2, 0.25) is 0 Å². The molecular weight excluding hydrogens is 258 g/mol. The molecule has 108 valence electrons. The number of carbonyl (C=O) groups is 2. The van der Waals surface area contributed by atoms with Gasteiger partial charge in [-0.2, -0.15) is 0 Å². The van der Waals surface area contributed by atoms with Crippen LogP contribution in [0.3, 0.4) is 0 Å². The minimum Gasteiger partial charge on any atom is -0.481 e. The molecule has 1 amide bonds. The van der Waals surface area contributed by atoms with E-state index in [4.69, 9.17) is 5.11 Å².